The van der Waals surface area contributed by atoms with E-state index < -0.39 is 0 Å². The van der Waals surface area contributed by atoms with Gasteiger partial charge in [0.15, 0.2) is 0 Å². The normalized spacial score (nSPS) is 17.1. The maximum atomic E-state index is 12.6. The summed E-state index contributed by atoms with van der Waals surface area (Å²) in [7, 11) is 0. The number of rotatable bonds is 3. The lowest BCUT2D eigenvalue weighted by molar-refractivity contribution is -0.117. The van der Waals surface area contributed by atoms with Crippen LogP contribution >= 0.6 is 0 Å². The van der Waals surface area contributed by atoms with Gasteiger partial charge < -0.3 is 4.90 Å². The minimum atomic E-state index is -0.196. The Hall–Kier alpha value is -2.42. The van der Waals surface area contributed by atoms with Crippen molar-refractivity contribution in [2.24, 2.45) is 0 Å². The molecule has 0 aliphatic carbocycles. The molecule has 0 bridgehead atoms. The first kappa shape index (κ1) is 12.6. The molecule has 0 fully saturated rings. The zero-order valence-corrected chi connectivity index (χ0v) is 11.2. The summed E-state index contributed by atoms with van der Waals surface area (Å²) < 4.78 is 0. The van der Waals surface area contributed by atoms with Crippen LogP contribution in [0, 0.1) is 0 Å². The van der Waals surface area contributed by atoms with Gasteiger partial charge in [-0.25, -0.2) is 0 Å². The lowest BCUT2D eigenvalue weighted by atomic mass is 10.0. The highest BCUT2D eigenvalue weighted by atomic mass is 16.2. The summed E-state index contributed by atoms with van der Waals surface area (Å²) in [6, 6.07) is 16.8. The number of nitrogens with zero attached hydrogens (tertiary/aromatic N) is 1. The Balaban J connectivity index is 2.10. The van der Waals surface area contributed by atoms with E-state index in [2.05, 4.69) is 0 Å². The maximum Gasteiger partial charge on any atom is 0.259 e. The Labute approximate surface area is 117 Å². The fourth-order valence-electron chi connectivity index (χ4n) is 2.75. The van der Waals surface area contributed by atoms with E-state index in [1.54, 1.807) is 11.8 Å². The minimum absolute atomic E-state index is 0.0296. The van der Waals surface area contributed by atoms with E-state index in [-0.39, 0.29) is 17.7 Å². The number of amides is 1. The molecule has 0 saturated carbocycles. The number of para-hydroxylation sites is 1. The number of carbonyl (C=O) groups is 2. The van der Waals surface area contributed by atoms with E-state index >= 15 is 0 Å². The lowest BCUT2D eigenvalue weighted by Crippen LogP contribution is -2.28. The highest BCUT2D eigenvalue weighted by molar-refractivity contribution is 6.11. The second-order valence-electron chi connectivity index (χ2n) is 5.02. The van der Waals surface area contributed by atoms with E-state index in [9.17, 15) is 9.59 Å². The van der Waals surface area contributed by atoms with Gasteiger partial charge in [0.2, 0.25) is 0 Å². The van der Waals surface area contributed by atoms with Crippen molar-refractivity contribution in [2.75, 3.05) is 4.90 Å². The number of Topliss-reactive ketones (excluding diaryl/α,β-unsaturated/α-hetero) is 1. The average molecular weight is 265 g/mol. The summed E-state index contributed by atoms with van der Waals surface area (Å²) in [5, 5.41) is 0. The van der Waals surface area contributed by atoms with Gasteiger partial charge in [-0.3, -0.25) is 9.59 Å². The third-order valence-electron chi connectivity index (χ3n) is 3.60. The Bertz CT molecular complexity index is 664. The van der Waals surface area contributed by atoms with Crippen LogP contribution in [0.5, 0.6) is 0 Å². The second kappa shape index (κ2) is 4.93. The number of benzene rings is 2. The van der Waals surface area contributed by atoms with Gasteiger partial charge in [-0.2, -0.15) is 0 Å². The van der Waals surface area contributed by atoms with Gasteiger partial charge in [-0.1, -0.05) is 36.4 Å². The van der Waals surface area contributed by atoms with Crippen molar-refractivity contribution >= 4 is 17.4 Å². The molecule has 1 aliphatic heterocycles. The molecule has 1 amide bonds. The molecule has 100 valence electrons. The molecule has 3 nitrogen and oxygen atoms in total. The Kier molecular flexibility index (Phi) is 3.11. The van der Waals surface area contributed by atoms with E-state index in [1.807, 2.05) is 54.6 Å². The summed E-state index contributed by atoms with van der Waals surface area (Å²) in [6.07, 6.45) is 0.345. The van der Waals surface area contributed by atoms with Crippen LogP contribution in [-0.4, -0.2) is 11.7 Å². The van der Waals surface area contributed by atoms with Gasteiger partial charge >= 0.3 is 0 Å². The van der Waals surface area contributed by atoms with Gasteiger partial charge in [-0.05, 0) is 30.7 Å². The summed E-state index contributed by atoms with van der Waals surface area (Å²) in [5.74, 6) is 0.0542. The molecule has 2 aromatic carbocycles. The number of anilines is 1. The minimum Gasteiger partial charge on any atom is -0.300 e. The molecule has 0 saturated heterocycles. The molecular weight excluding hydrogens is 250 g/mol. The summed E-state index contributed by atoms with van der Waals surface area (Å²) in [5.41, 5.74) is 2.47. The van der Waals surface area contributed by atoms with Crippen molar-refractivity contribution < 1.29 is 9.59 Å². The quantitative estimate of drug-likeness (QED) is 0.853. The molecule has 0 spiro atoms. The Morgan fingerprint density at radius 3 is 2.40 bits per heavy atom. The zero-order valence-electron chi connectivity index (χ0n) is 11.2. The van der Waals surface area contributed by atoms with E-state index in [0.717, 1.165) is 11.3 Å². The molecular formula is C17H15NO2. The monoisotopic (exact) mass is 265 g/mol. The van der Waals surface area contributed by atoms with Crippen molar-refractivity contribution in [3.05, 3.63) is 65.7 Å². The SMILES string of the molecule is CC(=O)CC1c2ccccc2C(=O)N1c1ccccc1. The number of hydrogen-bond acceptors (Lipinski definition) is 2. The van der Waals surface area contributed by atoms with E-state index in [4.69, 9.17) is 0 Å². The van der Waals surface area contributed by atoms with Gasteiger partial charge in [0.05, 0.1) is 6.04 Å². The first-order valence-electron chi connectivity index (χ1n) is 6.65. The van der Waals surface area contributed by atoms with Gasteiger partial charge in [-0.15, -0.1) is 0 Å². The highest BCUT2D eigenvalue weighted by Crippen LogP contribution is 2.39. The predicted octanol–water partition coefficient (Wildman–Crippen LogP) is 3.37. The second-order valence-corrected chi connectivity index (χ2v) is 5.02. The molecule has 20 heavy (non-hydrogen) atoms. The molecule has 1 aliphatic rings. The van der Waals surface area contributed by atoms with Crippen LogP contribution in [0.15, 0.2) is 54.6 Å². The third-order valence-corrected chi connectivity index (χ3v) is 3.60. The summed E-state index contributed by atoms with van der Waals surface area (Å²) in [6.45, 7) is 1.56. The number of ketones is 1. The number of carbonyl (C=O) groups excluding carboxylic acids is 2. The lowest BCUT2D eigenvalue weighted by Gasteiger charge is -2.24. The summed E-state index contributed by atoms with van der Waals surface area (Å²) in [4.78, 5) is 25.9. The molecule has 2 aromatic rings. The molecule has 1 heterocycles. The molecule has 3 heteroatoms. The average Bonchev–Trinajstić information content (AvgIpc) is 2.73. The van der Waals surface area contributed by atoms with Crippen LogP contribution in [0.4, 0.5) is 5.69 Å². The predicted molar refractivity (Wildman–Crippen MR) is 77.7 cm³/mol. The van der Waals surface area contributed by atoms with Crippen LogP contribution in [0.2, 0.25) is 0 Å². The van der Waals surface area contributed by atoms with E-state index in [0.29, 0.717) is 12.0 Å². The van der Waals surface area contributed by atoms with Gasteiger partial charge in [0.25, 0.3) is 5.91 Å². The van der Waals surface area contributed by atoms with Crippen molar-refractivity contribution in [3.63, 3.8) is 0 Å². The largest absolute Gasteiger partial charge is 0.300 e. The Morgan fingerprint density at radius 2 is 1.70 bits per heavy atom. The van der Waals surface area contributed by atoms with Crippen LogP contribution in [0.25, 0.3) is 0 Å². The molecule has 1 atom stereocenters. The highest BCUT2D eigenvalue weighted by Gasteiger charge is 2.37. The van der Waals surface area contributed by atoms with Crippen LogP contribution < -0.4 is 4.90 Å². The molecule has 1 unspecified atom stereocenters. The van der Waals surface area contributed by atoms with Gasteiger partial charge in [0.1, 0.15) is 5.78 Å². The Morgan fingerprint density at radius 1 is 1.05 bits per heavy atom. The smallest absolute Gasteiger partial charge is 0.259 e. The molecule has 0 aromatic heterocycles. The molecule has 0 N–H and O–H groups in total. The van der Waals surface area contributed by atoms with Gasteiger partial charge in [0, 0.05) is 17.7 Å². The third kappa shape index (κ3) is 2.01. The van der Waals surface area contributed by atoms with Crippen LogP contribution in [0.1, 0.15) is 35.3 Å². The van der Waals surface area contributed by atoms with Crippen molar-refractivity contribution in [2.45, 2.75) is 19.4 Å². The van der Waals surface area contributed by atoms with Crippen molar-refractivity contribution in [3.8, 4) is 0 Å². The topological polar surface area (TPSA) is 37.4 Å². The first-order valence-corrected chi connectivity index (χ1v) is 6.65. The van der Waals surface area contributed by atoms with Crippen LogP contribution in [-0.2, 0) is 4.79 Å². The first-order chi connectivity index (χ1) is 9.68. The zero-order chi connectivity index (χ0) is 14.1. The van der Waals surface area contributed by atoms with Crippen LogP contribution in [0.3, 0.4) is 0 Å². The fourth-order valence-corrected chi connectivity index (χ4v) is 2.75. The van der Waals surface area contributed by atoms with E-state index in [1.165, 1.54) is 0 Å². The number of hydrogen-bond donors (Lipinski definition) is 0. The summed E-state index contributed by atoms with van der Waals surface area (Å²) >= 11 is 0. The molecule has 0 radical (unpaired) electrons. The maximum absolute atomic E-state index is 12.6. The fraction of sp³-hybridized carbons (Fsp3) is 0.176. The molecule has 3 rings (SSSR count). The van der Waals surface area contributed by atoms with Crippen molar-refractivity contribution in [1.82, 2.24) is 0 Å². The standard InChI is InChI=1S/C17H15NO2/c1-12(19)11-16-14-9-5-6-10-15(14)17(20)18(16)13-7-3-2-4-8-13/h2-10,16H,11H2,1H3. The van der Waals surface area contributed by atoms with Crippen molar-refractivity contribution in [1.29, 1.82) is 0 Å². The number of fused-ring (bicyclic) bond motifs is 1.